The van der Waals surface area contributed by atoms with E-state index in [9.17, 15) is 9.59 Å². The highest BCUT2D eigenvalue weighted by molar-refractivity contribution is 5.95. The Hall–Kier alpha value is -2.08. The third kappa shape index (κ3) is 4.46. The second-order valence-corrected chi connectivity index (χ2v) is 5.26. The normalized spacial score (nSPS) is 15.2. The molecule has 1 heterocycles. The second-order valence-electron chi connectivity index (χ2n) is 5.26. The van der Waals surface area contributed by atoms with Gasteiger partial charge in [0.2, 0.25) is 0 Å². The Bertz CT molecular complexity index is 499. The average Bonchev–Trinajstić information content (AvgIpc) is 2.47. The van der Waals surface area contributed by atoms with Crippen LogP contribution in [0.2, 0.25) is 0 Å². The Morgan fingerprint density at radius 1 is 1.38 bits per heavy atom. The zero-order valence-corrected chi connectivity index (χ0v) is 12.3. The Kier molecular flexibility index (Phi) is 5.16. The van der Waals surface area contributed by atoms with Gasteiger partial charge in [-0.1, -0.05) is 13.8 Å². The maximum atomic E-state index is 11.7. The van der Waals surface area contributed by atoms with Crippen LogP contribution in [0.3, 0.4) is 0 Å². The van der Waals surface area contributed by atoms with Gasteiger partial charge in [0.25, 0.3) is 5.91 Å². The number of anilines is 2. The molecule has 1 saturated heterocycles. The average molecular weight is 292 g/mol. The molecule has 21 heavy (non-hydrogen) atoms. The fraction of sp³-hybridized carbons (Fsp3) is 0.467. The minimum atomic E-state index is -0.473. The van der Waals surface area contributed by atoms with Crippen molar-refractivity contribution in [1.29, 1.82) is 0 Å². The Labute approximate surface area is 124 Å². The van der Waals surface area contributed by atoms with E-state index in [2.05, 4.69) is 5.32 Å². The molecule has 0 atom stereocenters. The number of rotatable bonds is 4. The number of hydrogen-bond donors (Lipinski definition) is 1. The summed E-state index contributed by atoms with van der Waals surface area (Å²) in [6.07, 6.45) is -0.473. The summed E-state index contributed by atoms with van der Waals surface area (Å²) in [5, 5.41) is 2.65. The summed E-state index contributed by atoms with van der Waals surface area (Å²) < 4.78 is 10.1. The van der Waals surface area contributed by atoms with Crippen LogP contribution < -0.4 is 10.2 Å². The van der Waals surface area contributed by atoms with Crippen molar-refractivity contribution in [3.05, 3.63) is 24.3 Å². The molecule has 1 N–H and O–H groups in total. The zero-order chi connectivity index (χ0) is 15.2. The van der Waals surface area contributed by atoms with Crippen LogP contribution in [0.25, 0.3) is 0 Å². The van der Waals surface area contributed by atoms with Gasteiger partial charge in [0.15, 0.2) is 0 Å². The van der Waals surface area contributed by atoms with Crippen molar-refractivity contribution in [2.45, 2.75) is 13.8 Å². The first-order valence-electron chi connectivity index (χ1n) is 6.98. The fourth-order valence-corrected chi connectivity index (χ4v) is 1.91. The third-order valence-corrected chi connectivity index (χ3v) is 2.96. The van der Waals surface area contributed by atoms with E-state index in [0.717, 1.165) is 5.69 Å². The van der Waals surface area contributed by atoms with Gasteiger partial charge in [-0.25, -0.2) is 4.79 Å². The van der Waals surface area contributed by atoms with Crippen LogP contribution in [-0.2, 0) is 14.3 Å². The molecule has 2 rings (SSSR count). The van der Waals surface area contributed by atoms with Gasteiger partial charge in [-0.05, 0) is 30.2 Å². The van der Waals surface area contributed by atoms with Crippen LogP contribution >= 0.6 is 0 Å². The van der Waals surface area contributed by atoms with Crippen molar-refractivity contribution in [2.75, 3.05) is 36.6 Å². The maximum absolute atomic E-state index is 11.7. The highest BCUT2D eigenvalue weighted by Crippen LogP contribution is 2.19. The van der Waals surface area contributed by atoms with E-state index in [0.29, 0.717) is 31.4 Å². The van der Waals surface area contributed by atoms with Gasteiger partial charge in [0, 0.05) is 17.9 Å². The Balaban J connectivity index is 1.92. The second kappa shape index (κ2) is 7.08. The zero-order valence-electron chi connectivity index (χ0n) is 12.3. The van der Waals surface area contributed by atoms with E-state index in [1.165, 1.54) is 0 Å². The molecule has 0 saturated carbocycles. The number of carbonyl (C=O) groups excluding carboxylic acids is 2. The summed E-state index contributed by atoms with van der Waals surface area (Å²) in [5.41, 5.74) is 1.43. The lowest BCUT2D eigenvalue weighted by atomic mass is 10.2. The predicted molar refractivity (Wildman–Crippen MR) is 79.4 cm³/mol. The predicted octanol–water partition coefficient (Wildman–Crippen LogP) is 2.25. The minimum absolute atomic E-state index is 0.0571. The number of benzene rings is 1. The first kappa shape index (κ1) is 15.3. The SMILES string of the molecule is CC(C)COC(=O)Nc1ccc(N2CCOCC2=O)cc1. The highest BCUT2D eigenvalue weighted by Gasteiger charge is 2.19. The van der Waals surface area contributed by atoms with Crippen molar-refractivity contribution >= 4 is 23.4 Å². The fourth-order valence-electron chi connectivity index (χ4n) is 1.91. The van der Waals surface area contributed by atoms with Gasteiger partial charge >= 0.3 is 6.09 Å². The van der Waals surface area contributed by atoms with E-state index < -0.39 is 6.09 Å². The number of hydrogen-bond acceptors (Lipinski definition) is 4. The van der Waals surface area contributed by atoms with Crippen LogP contribution in [0.4, 0.5) is 16.2 Å². The van der Waals surface area contributed by atoms with Crippen LogP contribution in [0, 0.1) is 5.92 Å². The summed E-state index contributed by atoms with van der Waals surface area (Å²) in [6, 6.07) is 7.08. The van der Waals surface area contributed by atoms with Crippen LogP contribution in [0.5, 0.6) is 0 Å². The number of ether oxygens (including phenoxy) is 2. The molecule has 0 aromatic heterocycles. The molecular formula is C15H20N2O4. The Morgan fingerprint density at radius 3 is 2.71 bits per heavy atom. The molecule has 0 aliphatic carbocycles. The lowest BCUT2D eigenvalue weighted by Crippen LogP contribution is -2.41. The number of morpholine rings is 1. The number of nitrogens with one attached hydrogen (secondary N) is 1. The number of carbonyl (C=O) groups is 2. The van der Waals surface area contributed by atoms with Crippen molar-refractivity contribution in [1.82, 2.24) is 0 Å². The van der Waals surface area contributed by atoms with E-state index >= 15 is 0 Å². The van der Waals surface area contributed by atoms with Gasteiger partial charge in [-0.3, -0.25) is 10.1 Å². The quantitative estimate of drug-likeness (QED) is 0.924. The van der Waals surface area contributed by atoms with E-state index in [-0.39, 0.29) is 12.5 Å². The molecule has 0 bridgehead atoms. The minimum Gasteiger partial charge on any atom is -0.449 e. The highest BCUT2D eigenvalue weighted by atomic mass is 16.5. The monoisotopic (exact) mass is 292 g/mol. The van der Waals surface area contributed by atoms with Crippen molar-refractivity contribution in [3.63, 3.8) is 0 Å². The molecule has 6 heteroatoms. The first-order valence-corrected chi connectivity index (χ1v) is 6.98. The van der Waals surface area contributed by atoms with Gasteiger partial charge in [-0.15, -0.1) is 0 Å². The summed E-state index contributed by atoms with van der Waals surface area (Å²) in [4.78, 5) is 24.9. The number of nitrogens with zero attached hydrogens (tertiary/aromatic N) is 1. The summed E-state index contributed by atoms with van der Waals surface area (Å²) in [7, 11) is 0. The molecule has 1 aromatic carbocycles. The molecule has 0 radical (unpaired) electrons. The Morgan fingerprint density at radius 2 is 2.10 bits per heavy atom. The molecule has 1 fully saturated rings. The topological polar surface area (TPSA) is 67.9 Å². The maximum Gasteiger partial charge on any atom is 0.411 e. The lowest BCUT2D eigenvalue weighted by molar-refractivity contribution is -0.125. The van der Waals surface area contributed by atoms with Crippen molar-refractivity contribution < 1.29 is 19.1 Å². The number of amides is 2. The largest absolute Gasteiger partial charge is 0.449 e. The summed E-state index contributed by atoms with van der Waals surface area (Å²) in [5.74, 6) is 0.240. The molecule has 6 nitrogen and oxygen atoms in total. The molecule has 114 valence electrons. The molecule has 0 spiro atoms. The lowest BCUT2D eigenvalue weighted by Gasteiger charge is -2.26. The van der Waals surface area contributed by atoms with Crippen molar-refractivity contribution in [2.24, 2.45) is 5.92 Å². The molecule has 1 aromatic rings. The molecule has 2 amide bonds. The molecular weight excluding hydrogens is 272 g/mol. The van der Waals surface area contributed by atoms with E-state index in [1.54, 1.807) is 29.2 Å². The standard InChI is InChI=1S/C15H20N2O4/c1-11(2)9-21-15(19)16-12-3-5-13(6-4-12)17-7-8-20-10-14(17)18/h3-6,11H,7-10H2,1-2H3,(H,16,19). The van der Waals surface area contributed by atoms with Crippen LogP contribution in [0.15, 0.2) is 24.3 Å². The summed E-state index contributed by atoms with van der Waals surface area (Å²) in [6.45, 7) is 5.52. The van der Waals surface area contributed by atoms with E-state index in [4.69, 9.17) is 9.47 Å². The van der Waals surface area contributed by atoms with Gasteiger partial charge < -0.3 is 14.4 Å². The molecule has 1 aliphatic heterocycles. The molecule has 0 unspecified atom stereocenters. The van der Waals surface area contributed by atoms with Gasteiger partial charge in [0.05, 0.1) is 13.2 Å². The van der Waals surface area contributed by atoms with Gasteiger partial charge in [0.1, 0.15) is 6.61 Å². The first-order chi connectivity index (χ1) is 10.1. The molecule has 1 aliphatic rings. The van der Waals surface area contributed by atoms with E-state index in [1.807, 2.05) is 13.8 Å². The van der Waals surface area contributed by atoms with Crippen LogP contribution in [-0.4, -0.2) is 38.4 Å². The van der Waals surface area contributed by atoms with Gasteiger partial charge in [-0.2, -0.15) is 0 Å². The summed E-state index contributed by atoms with van der Waals surface area (Å²) >= 11 is 0. The van der Waals surface area contributed by atoms with Crippen LogP contribution in [0.1, 0.15) is 13.8 Å². The third-order valence-electron chi connectivity index (χ3n) is 2.96. The smallest absolute Gasteiger partial charge is 0.411 e. The van der Waals surface area contributed by atoms with Crippen molar-refractivity contribution in [3.8, 4) is 0 Å².